The summed E-state index contributed by atoms with van der Waals surface area (Å²) in [6.07, 6.45) is 0. The summed E-state index contributed by atoms with van der Waals surface area (Å²) in [6, 6.07) is 25.3. The SMILES string of the molecule is Cc1cc(C(=O)N2CCSCC2)ccc1NC(=O)C(Sc1ccccc1)c1ccccc1. The summed E-state index contributed by atoms with van der Waals surface area (Å²) in [5, 5.41) is 2.70. The fourth-order valence-corrected chi connectivity index (χ4v) is 5.57. The molecular formula is C26H26N2O2S2. The summed E-state index contributed by atoms with van der Waals surface area (Å²) in [6.45, 7) is 3.51. The molecular weight excluding hydrogens is 436 g/mol. The van der Waals surface area contributed by atoms with Crippen molar-refractivity contribution < 1.29 is 9.59 Å². The summed E-state index contributed by atoms with van der Waals surface area (Å²) in [5.41, 5.74) is 3.24. The fraction of sp³-hybridized carbons (Fsp3) is 0.231. The number of rotatable bonds is 6. The molecule has 3 aromatic rings. The molecule has 0 saturated carbocycles. The molecule has 1 aliphatic rings. The molecule has 1 N–H and O–H groups in total. The molecule has 4 rings (SSSR count). The van der Waals surface area contributed by atoms with E-state index in [0.717, 1.165) is 46.3 Å². The molecule has 32 heavy (non-hydrogen) atoms. The largest absolute Gasteiger partial charge is 0.337 e. The molecule has 6 heteroatoms. The van der Waals surface area contributed by atoms with E-state index < -0.39 is 0 Å². The zero-order chi connectivity index (χ0) is 22.3. The number of hydrogen-bond acceptors (Lipinski definition) is 4. The zero-order valence-electron chi connectivity index (χ0n) is 18.0. The van der Waals surface area contributed by atoms with Crippen LogP contribution in [0, 0.1) is 6.92 Å². The molecule has 164 valence electrons. The van der Waals surface area contributed by atoms with Crippen molar-refractivity contribution in [3.63, 3.8) is 0 Å². The van der Waals surface area contributed by atoms with Crippen LogP contribution in [0.2, 0.25) is 0 Å². The van der Waals surface area contributed by atoms with Gasteiger partial charge in [0.2, 0.25) is 5.91 Å². The number of hydrogen-bond donors (Lipinski definition) is 1. The van der Waals surface area contributed by atoms with Gasteiger partial charge in [-0.1, -0.05) is 48.5 Å². The third kappa shape index (κ3) is 5.56. The van der Waals surface area contributed by atoms with Gasteiger partial charge in [-0.05, 0) is 48.4 Å². The Hall–Kier alpha value is -2.70. The first-order chi connectivity index (χ1) is 15.6. The first kappa shape index (κ1) is 22.5. The van der Waals surface area contributed by atoms with Crippen molar-refractivity contribution in [1.29, 1.82) is 0 Å². The number of benzene rings is 3. The standard InChI is InChI=1S/C26H26N2O2S2/c1-19-18-21(26(30)28-14-16-31-17-15-28)12-13-23(19)27-25(29)24(20-8-4-2-5-9-20)32-22-10-6-3-7-11-22/h2-13,18,24H,14-17H2,1H3,(H,27,29). The van der Waals surface area contributed by atoms with Gasteiger partial charge in [0, 0.05) is 40.7 Å². The summed E-state index contributed by atoms with van der Waals surface area (Å²) in [5.74, 6) is 1.95. The van der Waals surface area contributed by atoms with Crippen LogP contribution in [-0.2, 0) is 4.79 Å². The van der Waals surface area contributed by atoms with E-state index in [-0.39, 0.29) is 17.1 Å². The van der Waals surface area contributed by atoms with Gasteiger partial charge in [0.05, 0.1) is 0 Å². The highest BCUT2D eigenvalue weighted by atomic mass is 32.2. The second-order valence-electron chi connectivity index (χ2n) is 7.65. The molecule has 0 aliphatic carbocycles. The predicted octanol–water partition coefficient (Wildman–Crippen LogP) is 5.66. The molecule has 1 saturated heterocycles. The molecule has 0 radical (unpaired) electrons. The maximum atomic E-state index is 13.3. The number of amides is 2. The van der Waals surface area contributed by atoms with Gasteiger partial charge in [0.25, 0.3) is 5.91 Å². The molecule has 3 aromatic carbocycles. The van der Waals surface area contributed by atoms with Gasteiger partial charge < -0.3 is 10.2 Å². The molecule has 0 aromatic heterocycles. The number of nitrogens with one attached hydrogen (secondary N) is 1. The van der Waals surface area contributed by atoms with Crippen LogP contribution in [0.25, 0.3) is 0 Å². The van der Waals surface area contributed by atoms with Crippen LogP contribution >= 0.6 is 23.5 Å². The van der Waals surface area contributed by atoms with E-state index in [1.807, 2.05) is 102 Å². The smallest absolute Gasteiger partial charge is 0.253 e. The van der Waals surface area contributed by atoms with Crippen LogP contribution in [0.15, 0.2) is 83.8 Å². The van der Waals surface area contributed by atoms with E-state index in [1.165, 1.54) is 11.8 Å². The molecule has 1 unspecified atom stereocenters. The number of thioether (sulfide) groups is 2. The number of nitrogens with zero attached hydrogens (tertiary/aromatic N) is 1. The Labute approximate surface area is 197 Å². The highest BCUT2D eigenvalue weighted by molar-refractivity contribution is 8.00. The third-order valence-electron chi connectivity index (χ3n) is 5.37. The van der Waals surface area contributed by atoms with Crippen molar-refractivity contribution >= 4 is 41.0 Å². The predicted molar refractivity (Wildman–Crippen MR) is 135 cm³/mol. The van der Waals surface area contributed by atoms with E-state index in [2.05, 4.69) is 5.32 Å². The lowest BCUT2D eigenvalue weighted by atomic mass is 10.1. The summed E-state index contributed by atoms with van der Waals surface area (Å²) < 4.78 is 0. The van der Waals surface area contributed by atoms with Crippen molar-refractivity contribution in [2.24, 2.45) is 0 Å². The number of carbonyl (C=O) groups excluding carboxylic acids is 2. The average molecular weight is 463 g/mol. The zero-order valence-corrected chi connectivity index (χ0v) is 19.6. The van der Waals surface area contributed by atoms with Gasteiger partial charge in [-0.15, -0.1) is 11.8 Å². The summed E-state index contributed by atoms with van der Waals surface area (Å²) >= 11 is 3.41. The monoisotopic (exact) mass is 462 g/mol. The topological polar surface area (TPSA) is 49.4 Å². The number of carbonyl (C=O) groups is 2. The molecule has 0 bridgehead atoms. The van der Waals surface area contributed by atoms with Gasteiger partial charge in [-0.25, -0.2) is 0 Å². The van der Waals surface area contributed by atoms with Gasteiger partial charge in [0.15, 0.2) is 0 Å². The first-order valence-corrected chi connectivity index (χ1v) is 12.7. The Morgan fingerprint density at radius 3 is 2.25 bits per heavy atom. The van der Waals surface area contributed by atoms with Crippen molar-refractivity contribution in [2.45, 2.75) is 17.1 Å². The van der Waals surface area contributed by atoms with E-state index >= 15 is 0 Å². The van der Waals surface area contributed by atoms with Crippen LogP contribution in [0.4, 0.5) is 5.69 Å². The summed E-state index contributed by atoms with van der Waals surface area (Å²) in [7, 11) is 0. The number of aryl methyl sites for hydroxylation is 1. The minimum absolute atomic E-state index is 0.0630. The highest BCUT2D eigenvalue weighted by Gasteiger charge is 2.23. The lowest BCUT2D eigenvalue weighted by molar-refractivity contribution is -0.115. The minimum atomic E-state index is -0.384. The normalized spacial score (nSPS) is 14.6. The Balaban J connectivity index is 1.52. The van der Waals surface area contributed by atoms with E-state index in [1.54, 1.807) is 0 Å². The molecule has 1 heterocycles. The Morgan fingerprint density at radius 2 is 1.59 bits per heavy atom. The molecule has 1 fully saturated rings. The van der Waals surface area contributed by atoms with Crippen molar-refractivity contribution in [1.82, 2.24) is 4.90 Å². The highest BCUT2D eigenvalue weighted by Crippen LogP contribution is 2.36. The maximum absolute atomic E-state index is 13.3. The Kier molecular flexibility index (Phi) is 7.55. The second-order valence-corrected chi connectivity index (χ2v) is 10.0. The van der Waals surface area contributed by atoms with E-state index in [0.29, 0.717) is 5.56 Å². The lowest BCUT2D eigenvalue weighted by Crippen LogP contribution is -2.37. The average Bonchev–Trinajstić information content (AvgIpc) is 2.85. The molecule has 2 amide bonds. The first-order valence-electron chi connectivity index (χ1n) is 10.7. The molecule has 4 nitrogen and oxygen atoms in total. The van der Waals surface area contributed by atoms with Crippen molar-refractivity contribution in [2.75, 3.05) is 29.9 Å². The molecule has 1 atom stereocenters. The van der Waals surface area contributed by atoms with Gasteiger partial charge >= 0.3 is 0 Å². The maximum Gasteiger partial charge on any atom is 0.253 e. The molecule has 1 aliphatic heterocycles. The van der Waals surface area contributed by atoms with Crippen LogP contribution in [0.1, 0.15) is 26.7 Å². The van der Waals surface area contributed by atoms with E-state index in [4.69, 9.17) is 0 Å². The van der Waals surface area contributed by atoms with Crippen LogP contribution < -0.4 is 5.32 Å². The summed E-state index contributed by atoms with van der Waals surface area (Å²) in [4.78, 5) is 29.1. The quantitative estimate of drug-likeness (QED) is 0.481. The third-order valence-corrected chi connectivity index (χ3v) is 7.58. The lowest BCUT2D eigenvalue weighted by Gasteiger charge is -2.26. The van der Waals surface area contributed by atoms with E-state index in [9.17, 15) is 9.59 Å². The molecule has 0 spiro atoms. The Bertz CT molecular complexity index is 1070. The second kappa shape index (κ2) is 10.7. The van der Waals surface area contributed by atoms with Gasteiger partial charge in [-0.2, -0.15) is 11.8 Å². The van der Waals surface area contributed by atoms with Crippen LogP contribution in [-0.4, -0.2) is 41.3 Å². The number of anilines is 1. The van der Waals surface area contributed by atoms with Gasteiger partial charge in [-0.3, -0.25) is 9.59 Å². The van der Waals surface area contributed by atoms with Crippen LogP contribution in [0.3, 0.4) is 0 Å². The fourth-order valence-electron chi connectivity index (χ4n) is 3.62. The van der Waals surface area contributed by atoms with Crippen molar-refractivity contribution in [3.8, 4) is 0 Å². The minimum Gasteiger partial charge on any atom is -0.337 e. The Morgan fingerprint density at radius 1 is 0.938 bits per heavy atom. The van der Waals surface area contributed by atoms with Crippen LogP contribution in [0.5, 0.6) is 0 Å². The van der Waals surface area contributed by atoms with Gasteiger partial charge in [0.1, 0.15) is 5.25 Å². The van der Waals surface area contributed by atoms with Crippen molar-refractivity contribution in [3.05, 3.63) is 95.6 Å².